The maximum absolute atomic E-state index is 12.8. The Morgan fingerprint density at radius 3 is 2.44 bits per heavy atom. The summed E-state index contributed by atoms with van der Waals surface area (Å²) in [6.45, 7) is -0.488. The second kappa shape index (κ2) is 11.7. The number of aliphatic hydroxyl groups excluding tert-OH is 1. The van der Waals surface area contributed by atoms with Gasteiger partial charge in [0.25, 0.3) is 0 Å². The summed E-state index contributed by atoms with van der Waals surface area (Å²) in [5, 5.41) is 24.0. The molecule has 1 heterocycles. The number of carboxylic acids is 1. The summed E-state index contributed by atoms with van der Waals surface area (Å²) in [6.07, 6.45) is 2.53. The zero-order chi connectivity index (χ0) is 23.7. The summed E-state index contributed by atoms with van der Waals surface area (Å²) in [6, 6.07) is 3.89. The van der Waals surface area contributed by atoms with E-state index in [1.807, 2.05) is 24.3 Å². The number of aliphatic carboxylic acids is 1. The maximum Gasteiger partial charge on any atom is 0.328 e. The third-order valence-corrected chi connectivity index (χ3v) is 4.83. The largest absolute Gasteiger partial charge is 0.480 e. The number of carbonyl (C=O) groups excluding carboxylic acids is 2. The molecular weight excluding hydrogens is 418 g/mol. The number of carbonyl (C=O) groups is 3. The van der Waals surface area contributed by atoms with Crippen LogP contribution < -0.4 is 27.8 Å². The quantitative estimate of drug-likeness (QED) is 0.104. The highest BCUT2D eigenvalue weighted by Crippen LogP contribution is 2.19. The Hall–Kier alpha value is -3.64. The molecule has 2 aromatic rings. The van der Waals surface area contributed by atoms with Gasteiger partial charge in [-0.05, 0) is 24.5 Å². The number of guanidine groups is 1. The molecule has 0 spiro atoms. The number of hydrogen-bond donors (Lipinski definition) is 8. The summed E-state index contributed by atoms with van der Waals surface area (Å²) >= 11 is 0. The van der Waals surface area contributed by atoms with Gasteiger partial charge in [0.2, 0.25) is 11.8 Å². The van der Waals surface area contributed by atoms with Gasteiger partial charge in [-0.1, -0.05) is 18.2 Å². The maximum atomic E-state index is 12.8. The van der Waals surface area contributed by atoms with Gasteiger partial charge in [0, 0.05) is 30.1 Å². The van der Waals surface area contributed by atoms with Crippen LogP contribution >= 0.6 is 0 Å². The van der Waals surface area contributed by atoms with Gasteiger partial charge >= 0.3 is 5.97 Å². The smallest absolute Gasteiger partial charge is 0.328 e. The van der Waals surface area contributed by atoms with Gasteiger partial charge in [0.05, 0.1) is 12.6 Å². The minimum Gasteiger partial charge on any atom is -0.480 e. The Labute approximate surface area is 184 Å². The van der Waals surface area contributed by atoms with Crippen molar-refractivity contribution < 1.29 is 24.6 Å². The molecule has 0 radical (unpaired) electrons. The molecule has 2 rings (SSSR count). The van der Waals surface area contributed by atoms with E-state index in [2.05, 4.69) is 20.6 Å². The van der Waals surface area contributed by atoms with Crippen LogP contribution in [0.25, 0.3) is 10.9 Å². The first kappa shape index (κ1) is 24.6. The zero-order valence-corrected chi connectivity index (χ0v) is 17.5. The number of para-hydroxylation sites is 1. The van der Waals surface area contributed by atoms with Crippen molar-refractivity contribution in [3.05, 3.63) is 36.0 Å². The number of amides is 2. The van der Waals surface area contributed by atoms with E-state index in [0.717, 1.165) is 16.5 Å². The van der Waals surface area contributed by atoms with Crippen molar-refractivity contribution in [2.75, 3.05) is 13.2 Å². The molecule has 0 bridgehead atoms. The van der Waals surface area contributed by atoms with E-state index in [1.54, 1.807) is 6.20 Å². The third-order valence-electron chi connectivity index (χ3n) is 4.83. The van der Waals surface area contributed by atoms with Crippen LogP contribution in [0.1, 0.15) is 18.4 Å². The molecule has 32 heavy (non-hydrogen) atoms. The van der Waals surface area contributed by atoms with Crippen molar-refractivity contribution in [1.82, 2.24) is 15.6 Å². The molecular formula is C20H29N7O5. The van der Waals surface area contributed by atoms with E-state index in [-0.39, 0.29) is 18.8 Å². The standard InChI is InChI=1S/C20H29N7O5/c21-13(5-3-7-24-20(22)23)17(29)26-15(18(30)27-16(10-28)19(31)32)8-11-9-25-14-6-2-1-4-12(11)14/h1-2,4,6,9,13,15-16,25,28H,3,5,7-8,10,21H2,(H,26,29)(H,27,30)(H,31,32)(H4,22,23,24). The van der Waals surface area contributed by atoms with Crippen LogP contribution in [-0.4, -0.2) is 70.2 Å². The number of nitrogens with zero attached hydrogens (tertiary/aromatic N) is 1. The fraction of sp³-hybridized carbons (Fsp3) is 0.400. The normalized spacial score (nSPS) is 13.7. The van der Waals surface area contributed by atoms with E-state index < -0.39 is 42.5 Å². The molecule has 2 amide bonds. The highest BCUT2D eigenvalue weighted by atomic mass is 16.4. The van der Waals surface area contributed by atoms with E-state index in [9.17, 15) is 19.5 Å². The number of hydrogen-bond acceptors (Lipinski definition) is 6. The fourth-order valence-electron chi connectivity index (χ4n) is 3.12. The molecule has 3 unspecified atom stereocenters. The average Bonchev–Trinajstić information content (AvgIpc) is 3.16. The molecule has 0 fully saturated rings. The molecule has 1 aromatic carbocycles. The lowest BCUT2D eigenvalue weighted by Crippen LogP contribution is -2.55. The average molecular weight is 447 g/mol. The third kappa shape index (κ3) is 6.96. The van der Waals surface area contributed by atoms with Crippen molar-refractivity contribution in [1.29, 1.82) is 0 Å². The molecule has 0 aliphatic carbocycles. The van der Waals surface area contributed by atoms with Crippen LogP contribution in [0.4, 0.5) is 0 Å². The molecule has 12 heteroatoms. The van der Waals surface area contributed by atoms with Gasteiger partial charge < -0.3 is 43.0 Å². The van der Waals surface area contributed by atoms with Gasteiger partial charge in [-0.2, -0.15) is 0 Å². The second-order valence-corrected chi connectivity index (χ2v) is 7.26. The topological polar surface area (TPSA) is 222 Å². The molecule has 0 saturated heterocycles. The van der Waals surface area contributed by atoms with E-state index >= 15 is 0 Å². The van der Waals surface area contributed by atoms with Gasteiger partial charge in [-0.25, -0.2) is 4.79 Å². The Balaban J connectivity index is 2.14. The van der Waals surface area contributed by atoms with Crippen molar-refractivity contribution >= 4 is 34.6 Å². The predicted molar refractivity (Wildman–Crippen MR) is 118 cm³/mol. The number of H-pyrrole nitrogens is 1. The van der Waals surface area contributed by atoms with Crippen molar-refractivity contribution in [3.8, 4) is 0 Å². The fourth-order valence-corrected chi connectivity index (χ4v) is 3.12. The minimum atomic E-state index is -1.50. The Kier molecular flexibility index (Phi) is 8.98. The lowest BCUT2D eigenvalue weighted by Gasteiger charge is -2.22. The van der Waals surface area contributed by atoms with E-state index in [0.29, 0.717) is 13.0 Å². The molecule has 174 valence electrons. The van der Waals surface area contributed by atoms with Gasteiger partial charge in [-0.15, -0.1) is 0 Å². The number of aromatic amines is 1. The number of carboxylic acid groups (broad SMARTS) is 1. The van der Waals surface area contributed by atoms with Crippen LogP contribution in [0.2, 0.25) is 0 Å². The predicted octanol–water partition coefficient (Wildman–Crippen LogP) is -1.86. The van der Waals surface area contributed by atoms with Gasteiger partial charge in [0.15, 0.2) is 5.96 Å². The summed E-state index contributed by atoms with van der Waals surface area (Å²) < 4.78 is 0. The zero-order valence-electron chi connectivity index (χ0n) is 17.5. The number of aliphatic hydroxyl groups is 1. The summed E-state index contributed by atoms with van der Waals surface area (Å²) in [5.74, 6) is -2.78. The first-order chi connectivity index (χ1) is 15.2. The number of aliphatic imine (C=N–C) groups is 1. The number of nitrogens with one attached hydrogen (secondary N) is 3. The Morgan fingerprint density at radius 2 is 1.78 bits per heavy atom. The van der Waals surface area contributed by atoms with Crippen LogP contribution in [0, 0.1) is 0 Å². The second-order valence-electron chi connectivity index (χ2n) is 7.26. The summed E-state index contributed by atoms with van der Waals surface area (Å²) in [4.78, 5) is 43.5. The molecule has 0 saturated carbocycles. The SMILES string of the molecule is NC(N)=NCCCC(N)C(=O)NC(Cc1c[nH]c2ccccc12)C(=O)NC(CO)C(=O)O. The van der Waals surface area contributed by atoms with Gasteiger partial charge in [-0.3, -0.25) is 14.6 Å². The molecule has 11 N–H and O–H groups in total. The molecule has 0 aliphatic heterocycles. The number of aromatic nitrogens is 1. The Morgan fingerprint density at radius 1 is 1.09 bits per heavy atom. The van der Waals surface area contributed by atoms with E-state index in [1.165, 1.54) is 0 Å². The van der Waals surface area contributed by atoms with Gasteiger partial charge in [0.1, 0.15) is 12.1 Å². The van der Waals surface area contributed by atoms with Crippen LogP contribution in [-0.2, 0) is 20.8 Å². The lowest BCUT2D eigenvalue weighted by atomic mass is 10.0. The van der Waals surface area contributed by atoms with Crippen molar-refractivity contribution in [2.45, 2.75) is 37.4 Å². The Bertz CT molecular complexity index is 970. The monoisotopic (exact) mass is 447 g/mol. The van der Waals surface area contributed by atoms with Crippen LogP contribution in [0.15, 0.2) is 35.5 Å². The van der Waals surface area contributed by atoms with Crippen LogP contribution in [0.3, 0.4) is 0 Å². The molecule has 12 nitrogen and oxygen atoms in total. The molecule has 3 atom stereocenters. The van der Waals surface area contributed by atoms with E-state index in [4.69, 9.17) is 22.3 Å². The first-order valence-corrected chi connectivity index (χ1v) is 10.0. The number of fused-ring (bicyclic) bond motifs is 1. The lowest BCUT2D eigenvalue weighted by molar-refractivity contribution is -0.143. The summed E-state index contributed by atoms with van der Waals surface area (Å²) in [7, 11) is 0. The molecule has 1 aromatic heterocycles. The van der Waals surface area contributed by atoms with Crippen molar-refractivity contribution in [3.63, 3.8) is 0 Å². The van der Waals surface area contributed by atoms with Crippen LogP contribution in [0.5, 0.6) is 0 Å². The highest BCUT2D eigenvalue weighted by Gasteiger charge is 2.28. The number of benzene rings is 1. The summed E-state index contributed by atoms with van der Waals surface area (Å²) in [5.41, 5.74) is 18.0. The number of nitrogens with two attached hydrogens (primary N) is 3. The highest BCUT2D eigenvalue weighted by molar-refractivity contribution is 5.93. The first-order valence-electron chi connectivity index (χ1n) is 10.0. The number of rotatable bonds is 12. The minimum absolute atomic E-state index is 0.0599. The van der Waals surface area contributed by atoms with Crippen molar-refractivity contribution in [2.24, 2.45) is 22.2 Å². The molecule has 0 aliphatic rings.